The number of hydrogen-bond acceptors (Lipinski definition) is 6. The van der Waals surface area contributed by atoms with Gasteiger partial charge in [0.15, 0.2) is 5.17 Å². The fourth-order valence-corrected chi connectivity index (χ4v) is 2.33. The molecule has 0 saturated heterocycles. The van der Waals surface area contributed by atoms with Crippen molar-refractivity contribution in [1.82, 2.24) is 9.97 Å². The number of amidine groups is 1. The van der Waals surface area contributed by atoms with E-state index in [-0.39, 0.29) is 17.5 Å². The van der Waals surface area contributed by atoms with Crippen molar-refractivity contribution in [2.75, 3.05) is 11.1 Å². The smallest absolute Gasteiger partial charge is 0.275 e. The van der Waals surface area contributed by atoms with Crippen molar-refractivity contribution >= 4 is 28.5 Å². The Morgan fingerprint density at radius 3 is 2.88 bits per heavy atom. The molecule has 26 heavy (non-hydrogen) atoms. The molecule has 1 amide bonds. The van der Waals surface area contributed by atoms with E-state index in [2.05, 4.69) is 33.4 Å². The SMILES string of the molecule is C=CCSC(N)=NCc1cccc(NC(=O)c2cnc(OC=C)cn2)c1. The van der Waals surface area contributed by atoms with Gasteiger partial charge in [0.2, 0.25) is 5.88 Å². The van der Waals surface area contributed by atoms with Crippen molar-refractivity contribution in [1.29, 1.82) is 0 Å². The molecule has 7 nitrogen and oxygen atoms in total. The Morgan fingerprint density at radius 2 is 2.19 bits per heavy atom. The van der Waals surface area contributed by atoms with E-state index in [0.29, 0.717) is 23.2 Å². The molecule has 0 bridgehead atoms. The predicted octanol–water partition coefficient (Wildman–Crippen LogP) is 2.99. The lowest BCUT2D eigenvalue weighted by Crippen LogP contribution is -2.14. The molecule has 3 N–H and O–H groups in total. The van der Waals surface area contributed by atoms with Crippen LogP contribution in [-0.2, 0) is 6.54 Å². The van der Waals surface area contributed by atoms with E-state index in [0.717, 1.165) is 5.56 Å². The van der Waals surface area contributed by atoms with Gasteiger partial charge in [0.25, 0.3) is 5.91 Å². The zero-order valence-electron chi connectivity index (χ0n) is 14.1. The summed E-state index contributed by atoms with van der Waals surface area (Å²) in [5.74, 6) is 0.607. The Labute approximate surface area is 156 Å². The lowest BCUT2D eigenvalue weighted by Gasteiger charge is -2.07. The fourth-order valence-electron chi connectivity index (χ4n) is 1.88. The molecular formula is C18H19N5O2S. The maximum Gasteiger partial charge on any atom is 0.275 e. The van der Waals surface area contributed by atoms with E-state index >= 15 is 0 Å². The van der Waals surface area contributed by atoms with Crippen LogP contribution in [0.1, 0.15) is 16.1 Å². The number of aliphatic imine (C=N–C) groups is 1. The number of carbonyl (C=O) groups is 1. The molecule has 0 saturated carbocycles. The van der Waals surface area contributed by atoms with Gasteiger partial charge in [-0.15, -0.1) is 6.58 Å². The molecule has 0 fully saturated rings. The number of thioether (sulfide) groups is 1. The zero-order valence-corrected chi connectivity index (χ0v) is 14.9. The Balaban J connectivity index is 1.99. The van der Waals surface area contributed by atoms with Crippen molar-refractivity contribution in [3.8, 4) is 5.88 Å². The van der Waals surface area contributed by atoms with Crippen LogP contribution in [-0.4, -0.2) is 26.8 Å². The first-order chi connectivity index (χ1) is 12.6. The number of hydrogen-bond donors (Lipinski definition) is 2. The minimum absolute atomic E-state index is 0.176. The summed E-state index contributed by atoms with van der Waals surface area (Å²) in [6, 6.07) is 7.35. The van der Waals surface area contributed by atoms with Crippen LogP contribution in [0.25, 0.3) is 0 Å². The highest BCUT2D eigenvalue weighted by atomic mass is 32.2. The van der Waals surface area contributed by atoms with E-state index in [1.54, 1.807) is 12.1 Å². The lowest BCUT2D eigenvalue weighted by molar-refractivity contribution is 0.102. The average molecular weight is 369 g/mol. The van der Waals surface area contributed by atoms with Gasteiger partial charge in [-0.2, -0.15) is 0 Å². The van der Waals surface area contributed by atoms with Gasteiger partial charge in [-0.25, -0.2) is 9.97 Å². The highest BCUT2D eigenvalue weighted by Gasteiger charge is 2.09. The highest BCUT2D eigenvalue weighted by Crippen LogP contribution is 2.14. The maximum atomic E-state index is 12.2. The Bertz CT molecular complexity index is 805. The van der Waals surface area contributed by atoms with E-state index < -0.39 is 0 Å². The van der Waals surface area contributed by atoms with Crippen molar-refractivity contribution in [3.63, 3.8) is 0 Å². The number of anilines is 1. The molecule has 0 aliphatic rings. The Hall–Kier alpha value is -3.13. The molecule has 8 heteroatoms. The largest absolute Gasteiger partial charge is 0.446 e. The minimum atomic E-state index is -0.371. The van der Waals surface area contributed by atoms with E-state index in [1.165, 1.54) is 30.4 Å². The van der Waals surface area contributed by atoms with E-state index in [9.17, 15) is 4.79 Å². The topological polar surface area (TPSA) is 102 Å². The summed E-state index contributed by atoms with van der Waals surface area (Å²) in [7, 11) is 0. The number of nitrogens with zero attached hydrogens (tertiary/aromatic N) is 3. The number of nitrogens with two attached hydrogens (primary N) is 1. The van der Waals surface area contributed by atoms with Gasteiger partial charge in [0, 0.05) is 11.4 Å². The molecule has 1 aromatic carbocycles. The molecule has 1 heterocycles. The van der Waals surface area contributed by atoms with Gasteiger partial charge < -0.3 is 15.8 Å². The number of rotatable bonds is 8. The van der Waals surface area contributed by atoms with Crippen molar-refractivity contribution < 1.29 is 9.53 Å². The number of aromatic nitrogens is 2. The first-order valence-corrected chi connectivity index (χ1v) is 8.64. The van der Waals surface area contributed by atoms with E-state index in [1.807, 2.05) is 18.2 Å². The number of nitrogens with one attached hydrogen (secondary N) is 1. The van der Waals surface area contributed by atoms with Gasteiger partial charge in [0.05, 0.1) is 25.2 Å². The molecule has 0 radical (unpaired) electrons. The number of carbonyl (C=O) groups excluding carboxylic acids is 1. The first kappa shape index (κ1) is 19.2. The summed E-state index contributed by atoms with van der Waals surface area (Å²) in [5.41, 5.74) is 7.53. The molecule has 1 aromatic heterocycles. The van der Waals surface area contributed by atoms with Crippen LogP contribution in [0.3, 0.4) is 0 Å². The Kier molecular flexibility index (Phi) is 7.38. The maximum absolute atomic E-state index is 12.2. The van der Waals surface area contributed by atoms with Crippen LogP contribution in [0.5, 0.6) is 5.88 Å². The van der Waals surface area contributed by atoms with Crippen LogP contribution in [0.2, 0.25) is 0 Å². The highest BCUT2D eigenvalue weighted by molar-refractivity contribution is 8.13. The summed E-state index contributed by atoms with van der Waals surface area (Å²) >= 11 is 1.42. The summed E-state index contributed by atoms with van der Waals surface area (Å²) in [6.45, 7) is 7.49. The quantitative estimate of drug-likeness (QED) is 0.321. The molecule has 2 rings (SSSR count). The van der Waals surface area contributed by atoms with Crippen LogP contribution in [0.15, 0.2) is 67.1 Å². The minimum Gasteiger partial charge on any atom is -0.446 e. The summed E-state index contributed by atoms with van der Waals surface area (Å²) in [4.78, 5) is 24.5. The lowest BCUT2D eigenvalue weighted by atomic mass is 10.2. The van der Waals surface area contributed by atoms with Crippen LogP contribution in [0, 0.1) is 0 Å². The van der Waals surface area contributed by atoms with Gasteiger partial charge in [0.1, 0.15) is 5.69 Å². The summed E-state index contributed by atoms with van der Waals surface area (Å²) in [5, 5.41) is 3.27. The molecule has 0 atom stereocenters. The third kappa shape index (κ3) is 6.06. The first-order valence-electron chi connectivity index (χ1n) is 7.66. The standard InChI is InChI=1S/C18H19N5O2S/c1-3-8-26-18(19)22-10-13-6-5-7-14(9-13)23-17(24)15-11-21-16(12-20-15)25-4-2/h3-7,9,11-12H,1-2,8,10H2,(H2,19,22)(H,23,24). The molecule has 0 spiro atoms. The zero-order chi connectivity index (χ0) is 18.8. The normalized spacial score (nSPS) is 10.8. The average Bonchev–Trinajstić information content (AvgIpc) is 2.66. The second kappa shape index (κ2) is 10.00. The monoisotopic (exact) mass is 369 g/mol. The number of ether oxygens (including phenoxy) is 1. The summed E-state index contributed by atoms with van der Waals surface area (Å²) < 4.78 is 4.97. The molecular weight excluding hydrogens is 350 g/mol. The number of benzene rings is 1. The molecule has 2 aromatic rings. The molecule has 0 aliphatic heterocycles. The Morgan fingerprint density at radius 1 is 1.35 bits per heavy atom. The second-order valence-corrected chi connectivity index (χ2v) is 5.97. The van der Waals surface area contributed by atoms with Crippen molar-refractivity contribution in [3.05, 3.63) is 73.4 Å². The molecule has 134 valence electrons. The van der Waals surface area contributed by atoms with Gasteiger partial charge >= 0.3 is 0 Å². The molecule has 0 aliphatic carbocycles. The van der Waals surface area contributed by atoms with Crippen molar-refractivity contribution in [2.45, 2.75) is 6.54 Å². The van der Waals surface area contributed by atoms with Crippen LogP contribution in [0.4, 0.5) is 5.69 Å². The van der Waals surface area contributed by atoms with Crippen LogP contribution < -0.4 is 15.8 Å². The molecule has 0 unspecified atom stereocenters. The fraction of sp³-hybridized carbons (Fsp3) is 0.111. The van der Waals surface area contributed by atoms with Gasteiger partial charge in [-0.05, 0) is 17.7 Å². The second-order valence-electron chi connectivity index (χ2n) is 4.93. The third-order valence-electron chi connectivity index (χ3n) is 3.02. The van der Waals surface area contributed by atoms with Crippen molar-refractivity contribution in [2.24, 2.45) is 10.7 Å². The predicted molar refractivity (Wildman–Crippen MR) is 105 cm³/mol. The summed E-state index contributed by atoms with van der Waals surface area (Å²) in [6.07, 6.45) is 5.69. The van der Waals surface area contributed by atoms with Gasteiger partial charge in [-0.1, -0.05) is 36.5 Å². The van der Waals surface area contributed by atoms with E-state index in [4.69, 9.17) is 10.5 Å². The third-order valence-corrected chi connectivity index (χ3v) is 3.84. The number of amides is 1. The van der Waals surface area contributed by atoms with Gasteiger partial charge in [-0.3, -0.25) is 9.79 Å². The van der Waals surface area contributed by atoms with Crippen LogP contribution >= 0.6 is 11.8 Å².